The zero-order valence-corrected chi connectivity index (χ0v) is 6.91. The fourth-order valence-electron chi connectivity index (χ4n) is 0.803. The summed E-state index contributed by atoms with van der Waals surface area (Å²) in [6.45, 7) is 0.244. The Morgan fingerprint density at radius 2 is 2.33 bits per heavy atom. The Morgan fingerprint density at radius 3 is 3.00 bits per heavy atom. The number of rotatable bonds is 3. The van der Waals surface area contributed by atoms with Gasteiger partial charge in [-0.25, -0.2) is 0 Å². The molecule has 2 heteroatoms. The van der Waals surface area contributed by atoms with E-state index in [0.717, 1.165) is 11.3 Å². The smallest absolute Gasteiger partial charge is 0.188 e. The van der Waals surface area contributed by atoms with E-state index in [1.807, 2.05) is 18.2 Å². The van der Waals surface area contributed by atoms with Crippen molar-refractivity contribution in [3.63, 3.8) is 0 Å². The van der Waals surface area contributed by atoms with Gasteiger partial charge in [-0.3, -0.25) is 0 Å². The number of methoxy groups -OCH3 is 1. The summed E-state index contributed by atoms with van der Waals surface area (Å²) in [5.74, 6) is 3.25. The molecule has 0 amide bonds. The van der Waals surface area contributed by atoms with E-state index < -0.39 is 0 Å². The first kappa shape index (κ1) is 8.63. The summed E-state index contributed by atoms with van der Waals surface area (Å²) in [6, 6.07) is 7.32. The summed E-state index contributed by atoms with van der Waals surface area (Å²) < 4.78 is 9.93. The number of hydrogen-bond donors (Lipinski definition) is 0. The third-order valence-electron chi connectivity index (χ3n) is 1.34. The van der Waals surface area contributed by atoms with E-state index >= 15 is 0 Å². The van der Waals surface area contributed by atoms with Crippen molar-refractivity contribution in [2.24, 2.45) is 0 Å². The molecule has 0 radical (unpaired) electrons. The molecule has 0 heterocycles. The molecule has 0 aromatic heterocycles. The van der Waals surface area contributed by atoms with Gasteiger partial charge in [0.25, 0.3) is 0 Å². The molecule has 0 aliphatic heterocycles. The van der Waals surface area contributed by atoms with E-state index in [9.17, 15) is 0 Å². The van der Waals surface area contributed by atoms with E-state index in [-0.39, 0.29) is 6.79 Å². The summed E-state index contributed by atoms with van der Waals surface area (Å²) in [5, 5.41) is 0. The van der Waals surface area contributed by atoms with Crippen molar-refractivity contribution in [2.45, 2.75) is 0 Å². The number of hydrogen-bond acceptors (Lipinski definition) is 2. The highest BCUT2D eigenvalue weighted by Gasteiger charge is 1.92. The molecule has 0 spiro atoms. The maximum atomic E-state index is 5.21. The van der Waals surface area contributed by atoms with Crippen molar-refractivity contribution in [3.05, 3.63) is 29.8 Å². The molecule has 0 saturated heterocycles. The summed E-state index contributed by atoms with van der Waals surface area (Å²) >= 11 is 0. The number of ether oxygens (including phenoxy) is 2. The second-order valence-electron chi connectivity index (χ2n) is 2.22. The van der Waals surface area contributed by atoms with E-state index in [1.165, 1.54) is 0 Å². The zero-order chi connectivity index (χ0) is 8.81. The molecule has 0 atom stereocenters. The Hall–Kier alpha value is -1.46. The molecule has 12 heavy (non-hydrogen) atoms. The fraction of sp³-hybridized carbons (Fsp3) is 0.200. The molecule has 1 aromatic carbocycles. The van der Waals surface area contributed by atoms with Crippen molar-refractivity contribution >= 4 is 0 Å². The lowest BCUT2D eigenvalue weighted by Crippen LogP contribution is -1.98. The fourth-order valence-corrected chi connectivity index (χ4v) is 0.803. The zero-order valence-electron chi connectivity index (χ0n) is 6.91. The van der Waals surface area contributed by atoms with Gasteiger partial charge in [0, 0.05) is 12.7 Å². The highest BCUT2D eigenvalue weighted by Crippen LogP contribution is 2.11. The van der Waals surface area contributed by atoms with Gasteiger partial charge in [-0.15, -0.1) is 6.42 Å². The molecule has 1 rings (SSSR count). The normalized spacial score (nSPS) is 9.00. The average Bonchev–Trinajstić information content (AvgIpc) is 2.15. The Morgan fingerprint density at radius 1 is 1.50 bits per heavy atom. The predicted molar refractivity (Wildman–Crippen MR) is 46.9 cm³/mol. The first-order valence-corrected chi connectivity index (χ1v) is 3.55. The van der Waals surface area contributed by atoms with Gasteiger partial charge in [-0.2, -0.15) is 0 Å². The summed E-state index contributed by atoms with van der Waals surface area (Å²) in [7, 11) is 1.57. The lowest BCUT2D eigenvalue weighted by atomic mass is 10.2. The number of terminal acetylenes is 1. The third-order valence-corrected chi connectivity index (χ3v) is 1.34. The molecule has 0 saturated carbocycles. The molecule has 0 N–H and O–H groups in total. The van der Waals surface area contributed by atoms with Crippen molar-refractivity contribution in [1.29, 1.82) is 0 Å². The Kier molecular flexibility index (Phi) is 3.18. The van der Waals surface area contributed by atoms with E-state index in [2.05, 4.69) is 5.92 Å². The van der Waals surface area contributed by atoms with E-state index in [4.69, 9.17) is 15.9 Å². The van der Waals surface area contributed by atoms with Gasteiger partial charge in [-0.1, -0.05) is 12.0 Å². The highest BCUT2D eigenvalue weighted by molar-refractivity contribution is 5.38. The van der Waals surface area contributed by atoms with Crippen LogP contribution in [-0.4, -0.2) is 13.9 Å². The van der Waals surface area contributed by atoms with Gasteiger partial charge in [0.2, 0.25) is 0 Å². The SMILES string of the molecule is C#Cc1cccc(OCOC)c1. The summed E-state index contributed by atoms with van der Waals surface area (Å²) in [6.07, 6.45) is 5.21. The first-order chi connectivity index (χ1) is 5.86. The van der Waals surface area contributed by atoms with Gasteiger partial charge < -0.3 is 9.47 Å². The van der Waals surface area contributed by atoms with Crippen LogP contribution in [0.2, 0.25) is 0 Å². The topological polar surface area (TPSA) is 18.5 Å². The molecular weight excluding hydrogens is 152 g/mol. The van der Waals surface area contributed by atoms with Gasteiger partial charge in [-0.05, 0) is 18.2 Å². The summed E-state index contributed by atoms with van der Waals surface area (Å²) in [5.41, 5.74) is 0.809. The van der Waals surface area contributed by atoms with Crippen LogP contribution in [0, 0.1) is 12.3 Å². The second-order valence-corrected chi connectivity index (χ2v) is 2.22. The summed E-state index contributed by atoms with van der Waals surface area (Å²) in [4.78, 5) is 0. The van der Waals surface area contributed by atoms with Crippen LogP contribution in [0.3, 0.4) is 0 Å². The minimum Gasteiger partial charge on any atom is -0.468 e. The van der Waals surface area contributed by atoms with Crippen LogP contribution >= 0.6 is 0 Å². The Balaban J connectivity index is 2.68. The van der Waals surface area contributed by atoms with Crippen LogP contribution in [-0.2, 0) is 4.74 Å². The van der Waals surface area contributed by atoms with E-state index in [0.29, 0.717) is 0 Å². The van der Waals surface area contributed by atoms with Crippen molar-refractivity contribution in [3.8, 4) is 18.1 Å². The van der Waals surface area contributed by atoms with Crippen LogP contribution in [0.25, 0.3) is 0 Å². The quantitative estimate of drug-likeness (QED) is 0.497. The van der Waals surface area contributed by atoms with Gasteiger partial charge >= 0.3 is 0 Å². The molecule has 0 bridgehead atoms. The van der Waals surface area contributed by atoms with Crippen LogP contribution in [0.4, 0.5) is 0 Å². The monoisotopic (exact) mass is 162 g/mol. The molecule has 0 fully saturated rings. The standard InChI is InChI=1S/C10H10O2/c1-3-9-5-4-6-10(7-9)12-8-11-2/h1,4-7H,8H2,2H3. The average molecular weight is 162 g/mol. The maximum absolute atomic E-state index is 5.21. The van der Waals surface area contributed by atoms with Gasteiger partial charge in [0.15, 0.2) is 6.79 Å². The molecule has 0 aliphatic rings. The molecular formula is C10H10O2. The van der Waals surface area contributed by atoms with Crippen molar-refractivity contribution in [1.82, 2.24) is 0 Å². The van der Waals surface area contributed by atoms with Crippen LogP contribution in [0.1, 0.15) is 5.56 Å². The Labute approximate surface area is 72.1 Å². The molecule has 0 unspecified atom stereocenters. The molecule has 1 aromatic rings. The Bertz CT molecular complexity index is 286. The first-order valence-electron chi connectivity index (χ1n) is 3.55. The van der Waals surface area contributed by atoms with Crippen molar-refractivity contribution in [2.75, 3.05) is 13.9 Å². The maximum Gasteiger partial charge on any atom is 0.188 e. The third kappa shape index (κ3) is 2.30. The van der Waals surface area contributed by atoms with Crippen molar-refractivity contribution < 1.29 is 9.47 Å². The van der Waals surface area contributed by atoms with Gasteiger partial charge in [0.05, 0.1) is 0 Å². The largest absolute Gasteiger partial charge is 0.468 e. The molecule has 2 nitrogen and oxygen atoms in total. The lowest BCUT2D eigenvalue weighted by Gasteiger charge is -2.03. The van der Waals surface area contributed by atoms with E-state index in [1.54, 1.807) is 13.2 Å². The van der Waals surface area contributed by atoms with Gasteiger partial charge in [0.1, 0.15) is 5.75 Å². The van der Waals surface area contributed by atoms with Crippen LogP contribution in [0.5, 0.6) is 5.75 Å². The lowest BCUT2D eigenvalue weighted by molar-refractivity contribution is 0.0511. The number of benzene rings is 1. The molecule has 0 aliphatic carbocycles. The predicted octanol–water partition coefficient (Wildman–Crippen LogP) is 1.65. The minimum absolute atomic E-state index is 0.244. The second kappa shape index (κ2) is 4.42. The highest BCUT2D eigenvalue weighted by atomic mass is 16.7. The van der Waals surface area contributed by atoms with Crippen LogP contribution in [0.15, 0.2) is 24.3 Å². The minimum atomic E-state index is 0.244. The molecule has 62 valence electrons. The van der Waals surface area contributed by atoms with Crippen LogP contribution < -0.4 is 4.74 Å².